The standard InChI is InChI=1S/C18H23NO6/c1-18(2,23-5)13(20)8-11-15(21-3)10-6-7-12-16(25-9-24-12)14(10)19-17(11)22-4/h6-7,13,20H,8-9H2,1-5H3. The lowest BCUT2D eigenvalue weighted by atomic mass is 9.94. The molecule has 7 heteroatoms. The van der Waals surface area contributed by atoms with E-state index < -0.39 is 11.7 Å². The van der Waals surface area contributed by atoms with Gasteiger partial charge in [-0.2, -0.15) is 0 Å². The van der Waals surface area contributed by atoms with E-state index in [0.717, 1.165) is 5.39 Å². The average molecular weight is 349 g/mol. The van der Waals surface area contributed by atoms with Gasteiger partial charge in [-0.1, -0.05) is 0 Å². The molecule has 0 amide bonds. The van der Waals surface area contributed by atoms with Gasteiger partial charge in [-0.15, -0.1) is 0 Å². The second-order valence-corrected chi connectivity index (χ2v) is 6.36. The molecule has 0 fully saturated rings. The minimum Gasteiger partial charge on any atom is -0.496 e. The van der Waals surface area contributed by atoms with Crippen molar-refractivity contribution in [1.29, 1.82) is 0 Å². The molecule has 1 N–H and O–H groups in total. The van der Waals surface area contributed by atoms with Crippen LogP contribution < -0.4 is 18.9 Å². The quantitative estimate of drug-likeness (QED) is 0.857. The van der Waals surface area contributed by atoms with Gasteiger partial charge < -0.3 is 28.8 Å². The Kier molecular flexibility index (Phi) is 4.62. The topological polar surface area (TPSA) is 79.3 Å². The molecule has 2 heterocycles. The molecule has 1 aromatic carbocycles. The normalized spacial score (nSPS) is 14.6. The molecule has 7 nitrogen and oxygen atoms in total. The number of hydrogen-bond donors (Lipinski definition) is 1. The number of aliphatic hydroxyl groups is 1. The number of aliphatic hydroxyl groups excluding tert-OH is 1. The summed E-state index contributed by atoms with van der Waals surface area (Å²) < 4.78 is 27.4. The van der Waals surface area contributed by atoms with E-state index in [-0.39, 0.29) is 13.2 Å². The highest BCUT2D eigenvalue weighted by Crippen LogP contribution is 2.44. The van der Waals surface area contributed by atoms with Crippen LogP contribution in [-0.4, -0.2) is 49.9 Å². The Morgan fingerprint density at radius 1 is 1.20 bits per heavy atom. The van der Waals surface area contributed by atoms with Gasteiger partial charge in [0.2, 0.25) is 12.7 Å². The molecule has 0 spiro atoms. The number of fused-ring (bicyclic) bond motifs is 3. The van der Waals surface area contributed by atoms with E-state index in [0.29, 0.717) is 34.2 Å². The average Bonchev–Trinajstić information content (AvgIpc) is 3.09. The van der Waals surface area contributed by atoms with Gasteiger partial charge in [0, 0.05) is 18.9 Å². The van der Waals surface area contributed by atoms with E-state index in [4.69, 9.17) is 23.7 Å². The largest absolute Gasteiger partial charge is 0.496 e. The molecule has 0 aliphatic carbocycles. The lowest BCUT2D eigenvalue weighted by molar-refractivity contribution is -0.0767. The Labute approximate surface area is 146 Å². The molecular weight excluding hydrogens is 326 g/mol. The van der Waals surface area contributed by atoms with E-state index >= 15 is 0 Å². The summed E-state index contributed by atoms with van der Waals surface area (Å²) in [7, 11) is 4.68. The molecule has 0 bridgehead atoms. The number of nitrogens with zero attached hydrogens (tertiary/aromatic N) is 1. The molecule has 3 rings (SSSR count). The monoisotopic (exact) mass is 349 g/mol. The molecule has 25 heavy (non-hydrogen) atoms. The van der Waals surface area contributed by atoms with Gasteiger partial charge in [-0.25, -0.2) is 4.98 Å². The van der Waals surface area contributed by atoms with Gasteiger partial charge in [-0.3, -0.25) is 0 Å². The van der Waals surface area contributed by atoms with Crippen LogP contribution in [0.5, 0.6) is 23.1 Å². The summed E-state index contributed by atoms with van der Waals surface area (Å²) in [6.45, 7) is 3.80. The summed E-state index contributed by atoms with van der Waals surface area (Å²) in [5.41, 5.74) is 0.557. The SMILES string of the molecule is COc1nc2c3c(ccc2c(OC)c1CC(O)C(C)(C)OC)OCO3. The van der Waals surface area contributed by atoms with Crippen molar-refractivity contribution in [2.24, 2.45) is 0 Å². The van der Waals surface area contributed by atoms with Crippen molar-refractivity contribution < 1.29 is 28.8 Å². The molecule has 1 aliphatic heterocycles. The van der Waals surface area contributed by atoms with Crippen LogP contribution in [0.3, 0.4) is 0 Å². The number of pyridine rings is 1. The predicted octanol–water partition coefficient (Wildman–Crippen LogP) is 2.31. The number of hydrogen-bond acceptors (Lipinski definition) is 7. The van der Waals surface area contributed by atoms with Crippen LogP contribution in [0.4, 0.5) is 0 Å². The van der Waals surface area contributed by atoms with Crippen LogP contribution in [0.2, 0.25) is 0 Å². The van der Waals surface area contributed by atoms with Gasteiger partial charge in [0.25, 0.3) is 0 Å². The van der Waals surface area contributed by atoms with Crippen molar-refractivity contribution in [2.75, 3.05) is 28.1 Å². The fourth-order valence-electron chi connectivity index (χ4n) is 2.84. The Morgan fingerprint density at radius 2 is 1.96 bits per heavy atom. The Bertz CT molecular complexity index is 789. The first kappa shape index (κ1) is 17.6. The van der Waals surface area contributed by atoms with Crippen molar-refractivity contribution in [3.63, 3.8) is 0 Å². The number of aromatic nitrogens is 1. The third-order valence-corrected chi connectivity index (χ3v) is 4.63. The highest BCUT2D eigenvalue weighted by molar-refractivity contribution is 5.94. The molecule has 1 unspecified atom stereocenters. The Morgan fingerprint density at radius 3 is 2.60 bits per heavy atom. The molecule has 0 saturated heterocycles. The first-order valence-electron chi connectivity index (χ1n) is 7.99. The van der Waals surface area contributed by atoms with Crippen LogP contribution in [-0.2, 0) is 11.2 Å². The summed E-state index contributed by atoms with van der Waals surface area (Å²) in [5.74, 6) is 2.17. The van der Waals surface area contributed by atoms with Gasteiger partial charge in [0.05, 0.1) is 31.5 Å². The second-order valence-electron chi connectivity index (χ2n) is 6.36. The third kappa shape index (κ3) is 2.94. The van der Waals surface area contributed by atoms with Crippen molar-refractivity contribution in [1.82, 2.24) is 4.98 Å². The van der Waals surface area contributed by atoms with Gasteiger partial charge in [0.15, 0.2) is 11.5 Å². The zero-order chi connectivity index (χ0) is 18.2. The van der Waals surface area contributed by atoms with Gasteiger partial charge >= 0.3 is 0 Å². The predicted molar refractivity (Wildman–Crippen MR) is 91.8 cm³/mol. The van der Waals surface area contributed by atoms with E-state index in [1.807, 2.05) is 26.0 Å². The minimum atomic E-state index is -0.770. The smallest absolute Gasteiger partial charge is 0.231 e. The van der Waals surface area contributed by atoms with E-state index in [9.17, 15) is 5.11 Å². The van der Waals surface area contributed by atoms with Gasteiger partial charge in [0.1, 0.15) is 11.3 Å². The summed E-state index contributed by atoms with van der Waals surface area (Å²) in [6.07, 6.45) is -0.501. The van der Waals surface area contributed by atoms with E-state index in [1.165, 1.54) is 7.11 Å². The first-order chi connectivity index (χ1) is 11.9. The lowest BCUT2D eigenvalue weighted by Crippen LogP contribution is -2.39. The number of benzene rings is 1. The fourth-order valence-corrected chi connectivity index (χ4v) is 2.84. The molecule has 2 aromatic rings. The second kappa shape index (κ2) is 6.57. The summed E-state index contributed by atoms with van der Waals surface area (Å²) in [4.78, 5) is 4.58. The van der Waals surface area contributed by atoms with Crippen LogP contribution in [0.15, 0.2) is 12.1 Å². The molecule has 136 valence electrons. The lowest BCUT2D eigenvalue weighted by Gasteiger charge is -2.29. The Balaban J connectivity index is 2.16. The maximum absolute atomic E-state index is 10.6. The number of methoxy groups -OCH3 is 3. The molecule has 0 radical (unpaired) electrons. The van der Waals surface area contributed by atoms with Crippen LogP contribution in [0, 0.1) is 0 Å². The zero-order valence-corrected chi connectivity index (χ0v) is 15.1. The van der Waals surface area contributed by atoms with Crippen LogP contribution in [0.1, 0.15) is 19.4 Å². The van der Waals surface area contributed by atoms with Crippen molar-refractivity contribution in [2.45, 2.75) is 32.0 Å². The highest BCUT2D eigenvalue weighted by Gasteiger charge is 2.31. The fraction of sp³-hybridized carbons (Fsp3) is 0.500. The van der Waals surface area contributed by atoms with Gasteiger partial charge in [-0.05, 0) is 26.0 Å². The van der Waals surface area contributed by atoms with Crippen LogP contribution >= 0.6 is 0 Å². The number of ether oxygens (including phenoxy) is 5. The van der Waals surface area contributed by atoms with Crippen molar-refractivity contribution >= 4 is 10.9 Å². The van der Waals surface area contributed by atoms with Crippen LogP contribution in [0.25, 0.3) is 10.9 Å². The maximum atomic E-state index is 10.6. The maximum Gasteiger partial charge on any atom is 0.231 e. The first-order valence-corrected chi connectivity index (χ1v) is 7.99. The van der Waals surface area contributed by atoms with E-state index in [2.05, 4.69) is 4.98 Å². The van der Waals surface area contributed by atoms with E-state index in [1.54, 1.807) is 14.2 Å². The number of rotatable bonds is 6. The molecule has 0 saturated carbocycles. The third-order valence-electron chi connectivity index (χ3n) is 4.63. The summed E-state index contributed by atoms with van der Waals surface area (Å²) >= 11 is 0. The molecule has 1 aliphatic rings. The molecule has 1 atom stereocenters. The summed E-state index contributed by atoms with van der Waals surface area (Å²) in [6, 6.07) is 3.69. The van der Waals surface area contributed by atoms with Crippen molar-refractivity contribution in [3.8, 4) is 23.1 Å². The highest BCUT2D eigenvalue weighted by atomic mass is 16.7. The molecular formula is C18H23NO6. The Hall–Kier alpha value is -2.25. The van der Waals surface area contributed by atoms with Crippen molar-refractivity contribution in [3.05, 3.63) is 17.7 Å². The molecule has 1 aromatic heterocycles. The minimum absolute atomic E-state index is 0.156. The zero-order valence-electron chi connectivity index (χ0n) is 15.1. The summed E-state index contributed by atoms with van der Waals surface area (Å²) in [5, 5.41) is 11.4.